The molecule has 0 saturated heterocycles. The van der Waals surface area contributed by atoms with E-state index in [1.165, 1.54) is 0 Å². The number of Topliss-reactive ketones (excluding diaryl/α,β-unsaturated/α-hetero) is 1. The van der Waals surface area contributed by atoms with Crippen LogP contribution in [0.2, 0.25) is 0 Å². The van der Waals surface area contributed by atoms with Crippen molar-refractivity contribution in [3.05, 3.63) is 0 Å². The van der Waals surface area contributed by atoms with Gasteiger partial charge in [-0.15, -0.1) is 0 Å². The molecular formula is C12H21NO2. The van der Waals surface area contributed by atoms with Crippen molar-refractivity contribution in [3.8, 4) is 0 Å². The molecule has 3 nitrogen and oxygen atoms in total. The van der Waals surface area contributed by atoms with Crippen molar-refractivity contribution in [2.45, 2.75) is 57.9 Å². The Balaban J connectivity index is 2.36. The van der Waals surface area contributed by atoms with Crippen molar-refractivity contribution in [1.82, 2.24) is 5.32 Å². The zero-order valence-corrected chi connectivity index (χ0v) is 9.50. The van der Waals surface area contributed by atoms with Crippen LogP contribution in [0.3, 0.4) is 0 Å². The van der Waals surface area contributed by atoms with E-state index in [4.69, 9.17) is 0 Å². The smallest absolute Gasteiger partial charge is 0.207 e. The minimum absolute atomic E-state index is 0.284. The Labute approximate surface area is 91.6 Å². The summed E-state index contributed by atoms with van der Waals surface area (Å²) in [5.74, 6) is 0.698. The summed E-state index contributed by atoms with van der Waals surface area (Å²) >= 11 is 0. The molecular weight excluding hydrogens is 190 g/mol. The van der Waals surface area contributed by atoms with Gasteiger partial charge in [0.2, 0.25) is 6.41 Å². The molecule has 0 atom stereocenters. The minimum atomic E-state index is 0.284. The first kappa shape index (κ1) is 12.2. The van der Waals surface area contributed by atoms with Gasteiger partial charge in [-0.1, -0.05) is 19.8 Å². The predicted octanol–water partition coefficient (Wildman–Crippen LogP) is 2.05. The molecule has 1 aliphatic carbocycles. The number of hydrogen-bond donors (Lipinski definition) is 1. The topological polar surface area (TPSA) is 46.2 Å². The van der Waals surface area contributed by atoms with Crippen molar-refractivity contribution in [3.63, 3.8) is 0 Å². The molecule has 1 fully saturated rings. The van der Waals surface area contributed by atoms with E-state index in [1.54, 1.807) is 0 Å². The Kier molecular flexibility index (Phi) is 5.37. The van der Waals surface area contributed by atoms with Gasteiger partial charge in [0.25, 0.3) is 0 Å². The van der Waals surface area contributed by atoms with Crippen LogP contribution in [-0.2, 0) is 9.59 Å². The lowest BCUT2D eigenvalue weighted by molar-refractivity contribution is -0.123. The number of hydrogen-bond acceptors (Lipinski definition) is 2. The van der Waals surface area contributed by atoms with Crippen LogP contribution in [-0.4, -0.2) is 18.2 Å². The third-order valence-electron chi connectivity index (χ3n) is 3.32. The molecule has 0 heterocycles. The molecule has 15 heavy (non-hydrogen) atoms. The number of nitrogens with one attached hydrogen (secondary N) is 1. The molecule has 1 saturated carbocycles. The number of rotatable bonds is 4. The first-order valence-corrected chi connectivity index (χ1v) is 6.00. The van der Waals surface area contributed by atoms with Gasteiger partial charge in [-0.2, -0.15) is 0 Å². The van der Waals surface area contributed by atoms with E-state index in [-0.39, 0.29) is 5.92 Å². The van der Waals surface area contributed by atoms with E-state index in [9.17, 15) is 9.59 Å². The van der Waals surface area contributed by atoms with Crippen LogP contribution in [0, 0.1) is 5.92 Å². The molecule has 1 aliphatic rings. The zero-order valence-electron chi connectivity index (χ0n) is 9.50. The molecule has 3 heteroatoms. The van der Waals surface area contributed by atoms with Crippen molar-refractivity contribution in [1.29, 1.82) is 0 Å². The minimum Gasteiger partial charge on any atom is -0.356 e. The summed E-state index contributed by atoms with van der Waals surface area (Å²) in [4.78, 5) is 21.9. The quantitative estimate of drug-likeness (QED) is 0.723. The summed E-state index contributed by atoms with van der Waals surface area (Å²) in [5.41, 5.74) is 0. The molecule has 0 aromatic heterocycles. The van der Waals surface area contributed by atoms with Gasteiger partial charge < -0.3 is 5.32 Å². The Bertz CT molecular complexity index is 206. The van der Waals surface area contributed by atoms with Crippen LogP contribution < -0.4 is 5.32 Å². The second-order valence-electron chi connectivity index (χ2n) is 4.36. The second-order valence-corrected chi connectivity index (χ2v) is 4.36. The number of carbonyl (C=O) groups excluding carboxylic acids is 2. The molecule has 1 amide bonds. The Morgan fingerprint density at radius 1 is 1.27 bits per heavy atom. The maximum atomic E-state index is 11.6. The van der Waals surface area contributed by atoms with Crippen LogP contribution in [0.15, 0.2) is 0 Å². The summed E-state index contributed by atoms with van der Waals surface area (Å²) in [5, 5.41) is 2.84. The molecule has 1 N–H and O–H groups in total. The fourth-order valence-electron chi connectivity index (χ4n) is 2.38. The van der Waals surface area contributed by atoms with E-state index >= 15 is 0 Å². The van der Waals surface area contributed by atoms with E-state index in [1.807, 2.05) is 6.92 Å². The standard InChI is InChI=1S/C12H21NO2/c1-2-12(15)10-5-3-7-11(13-9-14)8-4-6-10/h9-11H,2-8H2,1H3,(H,13,14). The van der Waals surface area contributed by atoms with Crippen LogP contribution in [0.4, 0.5) is 0 Å². The van der Waals surface area contributed by atoms with Gasteiger partial charge in [0.1, 0.15) is 5.78 Å². The largest absolute Gasteiger partial charge is 0.356 e. The summed E-state index contributed by atoms with van der Waals surface area (Å²) in [6, 6.07) is 0.333. The highest BCUT2D eigenvalue weighted by Crippen LogP contribution is 2.23. The first-order valence-electron chi connectivity index (χ1n) is 6.00. The summed E-state index contributed by atoms with van der Waals surface area (Å²) in [7, 11) is 0. The highest BCUT2D eigenvalue weighted by molar-refractivity contribution is 5.80. The number of carbonyl (C=O) groups is 2. The lowest BCUT2D eigenvalue weighted by Crippen LogP contribution is -2.29. The van der Waals surface area contributed by atoms with Gasteiger partial charge in [0.05, 0.1) is 0 Å². The molecule has 0 bridgehead atoms. The summed E-state index contributed by atoms with van der Waals surface area (Å²) in [6.45, 7) is 1.94. The van der Waals surface area contributed by atoms with Gasteiger partial charge in [-0.3, -0.25) is 9.59 Å². The monoisotopic (exact) mass is 211 g/mol. The maximum absolute atomic E-state index is 11.6. The summed E-state index contributed by atoms with van der Waals surface area (Å²) < 4.78 is 0. The molecule has 0 spiro atoms. The third-order valence-corrected chi connectivity index (χ3v) is 3.32. The fraction of sp³-hybridized carbons (Fsp3) is 0.833. The highest BCUT2D eigenvalue weighted by atomic mass is 16.1. The molecule has 86 valence electrons. The predicted molar refractivity (Wildman–Crippen MR) is 59.5 cm³/mol. The fourth-order valence-corrected chi connectivity index (χ4v) is 2.38. The van der Waals surface area contributed by atoms with E-state index in [2.05, 4.69) is 5.32 Å². The van der Waals surface area contributed by atoms with Gasteiger partial charge in [0, 0.05) is 18.4 Å². The van der Waals surface area contributed by atoms with Crippen molar-refractivity contribution < 1.29 is 9.59 Å². The number of amides is 1. The van der Waals surface area contributed by atoms with Crippen molar-refractivity contribution in [2.75, 3.05) is 0 Å². The zero-order chi connectivity index (χ0) is 11.1. The van der Waals surface area contributed by atoms with E-state index in [0.717, 1.165) is 44.9 Å². The molecule has 0 aliphatic heterocycles. The van der Waals surface area contributed by atoms with Crippen LogP contribution in [0.5, 0.6) is 0 Å². The molecule has 0 aromatic carbocycles. The first-order chi connectivity index (χ1) is 7.27. The van der Waals surface area contributed by atoms with E-state index in [0.29, 0.717) is 18.2 Å². The van der Waals surface area contributed by atoms with Gasteiger partial charge in [-0.25, -0.2) is 0 Å². The van der Waals surface area contributed by atoms with Gasteiger partial charge >= 0.3 is 0 Å². The van der Waals surface area contributed by atoms with Crippen molar-refractivity contribution >= 4 is 12.2 Å². The maximum Gasteiger partial charge on any atom is 0.207 e. The lowest BCUT2D eigenvalue weighted by Gasteiger charge is -2.23. The van der Waals surface area contributed by atoms with Gasteiger partial charge in [0.15, 0.2) is 0 Å². The Hall–Kier alpha value is -0.860. The Morgan fingerprint density at radius 2 is 1.87 bits per heavy atom. The van der Waals surface area contributed by atoms with Crippen molar-refractivity contribution in [2.24, 2.45) is 5.92 Å². The lowest BCUT2D eigenvalue weighted by atomic mass is 9.86. The molecule has 0 radical (unpaired) electrons. The van der Waals surface area contributed by atoms with Crippen LogP contribution in [0.25, 0.3) is 0 Å². The SMILES string of the molecule is CCC(=O)C1CCCC(NC=O)CCC1. The molecule has 1 rings (SSSR count). The second kappa shape index (κ2) is 6.59. The average Bonchev–Trinajstić information content (AvgIpc) is 2.21. The Morgan fingerprint density at radius 3 is 2.33 bits per heavy atom. The normalized spacial score (nSPS) is 27.5. The highest BCUT2D eigenvalue weighted by Gasteiger charge is 2.20. The van der Waals surface area contributed by atoms with Gasteiger partial charge in [-0.05, 0) is 25.7 Å². The molecule has 0 unspecified atom stereocenters. The third kappa shape index (κ3) is 4.02. The van der Waals surface area contributed by atoms with Crippen LogP contribution >= 0.6 is 0 Å². The average molecular weight is 211 g/mol. The van der Waals surface area contributed by atoms with Crippen LogP contribution in [0.1, 0.15) is 51.9 Å². The molecule has 0 aromatic rings. The van der Waals surface area contributed by atoms with E-state index < -0.39 is 0 Å². The number of ketones is 1. The summed E-state index contributed by atoms with van der Waals surface area (Å²) in [6.07, 6.45) is 7.62.